The molecular weight excluding hydrogens is 535 g/mol. The van der Waals surface area contributed by atoms with Gasteiger partial charge in [0.1, 0.15) is 17.1 Å². The molecule has 38 heavy (non-hydrogen) atoms. The van der Waals surface area contributed by atoms with Crippen molar-refractivity contribution in [3.63, 3.8) is 0 Å². The fraction of sp³-hybridized carbons (Fsp3) is 0.280. The molecule has 4 rings (SSSR count). The highest BCUT2D eigenvalue weighted by atomic mass is 19.3. The lowest BCUT2D eigenvalue weighted by molar-refractivity contribution is -0.350. The first-order valence-electron chi connectivity index (χ1n) is 10.9. The number of rotatable bonds is 7. The number of ether oxygens (including phenoxy) is 4. The smallest absolute Gasteiger partial charge is 0.429 e. The molecule has 0 bridgehead atoms. The lowest BCUT2D eigenvalue weighted by atomic mass is 10.0. The van der Waals surface area contributed by atoms with Crippen molar-refractivity contribution in [3.05, 3.63) is 83.2 Å². The molecule has 3 aromatic rings. The van der Waals surface area contributed by atoms with Crippen LogP contribution >= 0.6 is 0 Å². The van der Waals surface area contributed by atoms with Crippen molar-refractivity contribution in [2.24, 2.45) is 5.92 Å². The second-order valence-electron chi connectivity index (χ2n) is 8.40. The molecule has 0 spiro atoms. The summed E-state index contributed by atoms with van der Waals surface area (Å²) >= 11 is 0. The topological polar surface area (TPSA) is 36.9 Å². The van der Waals surface area contributed by atoms with Gasteiger partial charge in [-0.3, -0.25) is 0 Å². The van der Waals surface area contributed by atoms with Crippen LogP contribution in [0.2, 0.25) is 0 Å². The summed E-state index contributed by atoms with van der Waals surface area (Å²) in [5.74, 6) is -11.0. The molecule has 1 aliphatic rings. The number of benzene rings is 3. The van der Waals surface area contributed by atoms with Gasteiger partial charge in [0.05, 0.1) is 13.2 Å². The summed E-state index contributed by atoms with van der Waals surface area (Å²) in [4.78, 5) is 0. The Hall–Kier alpha value is -3.45. The second-order valence-corrected chi connectivity index (χ2v) is 8.40. The predicted octanol–water partition coefficient (Wildman–Crippen LogP) is 7.16. The molecule has 1 heterocycles. The maximum atomic E-state index is 14.7. The summed E-state index contributed by atoms with van der Waals surface area (Å²) in [6, 6.07) is 5.60. The average Bonchev–Trinajstić information content (AvgIpc) is 2.84. The van der Waals surface area contributed by atoms with Crippen LogP contribution in [0.3, 0.4) is 0 Å². The van der Waals surface area contributed by atoms with E-state index < -0.39 is 64.5 Å². The number of hydrogen-bond donors (Lipinski definition) is 0. The monoisotopic (exact) mass is 552 g/mol. The van der Waals surface area contributed by atoms with E-state index in [1.807, 2.05) is 0 Å². The van der Waals surface area contributed by atoms with E-state index in [2.05, 4.69) is 9.47 Å². The fourth-order valence-electron chi connectivity index (χ4n) is 3.49. The van der Waals surface area contributed by atoms with Crippen LogP contribution in [0.5, 0.6) is 11.5 Å². The highest BCUT2D eigenvalue weighted by Gasteiger charge is 2.47. The summed E-state index contributed by atoms with van der Waals surface area (Å²) < 4.78 is 145. The third-order valence-electron chi connectivity index (χ3n) is 5.36. The van der Waals surface area contributed by atoms with Crippen LogP contribution in [0.15, 0.2) is 48.5 Å². The summed E-state index contributed by atoms with van der Waals surface area (Å²) in [5, 5.41) is 0. The molecule has 0 radical (unpaired) electrons. The van der Waals surface area contributed by atoms with E-state index in [-0.39, 0.29) is 42.6 Å². The van der Waals surface area contributed by atoms with Gasteiger partial charge < -0.3 is 18.9 Å². The normalized spacial score (nSPS) is 18.4. The van der Waals surface area contributed by atoms with E-state index in [1.165, 1.54) is 0 Å². The van der Waals surface area contributed by atoms with E-state index in [9.17, 15) is 39.5 Å². The van der Waals surface area contributed by atoms with Gasteiger partial charge in [0.25, 0.3) is 6.29 Å². The summed E-state index contributed by atoms with van der Waals surface area (Å²) in [5.41, 5.74) is -2.23. The molecule has 1 aliphatic heterocycles. The highest BCUT2D eigenvalue weighted by Crippen LogP contribution is 2.38. The Morgan fingerprint density at radius 2 is 1.29 bits per heavy atom. The minimum Gasteiger partial charge on any atom is -0.429 e. The van der Waals surface area contributed by atoms with Crippen molar-refractivity contribution in [1.29, 1.82) is 0 Å². The molecule has 0 aliphatic carbocycles. The first-order valence-corrected chi connectivity index (χ1v) is 10.9. The molecular formula is C25H17F9O4. The molecule has 0 aromatic heterocycles. The van der Waals surface area contributed by atoms with Crippen LogP contribution in [0.1, 0.15) is 12.5 Å². The Bertz CT molecular complexity index is 1280. The van der Waals surface area contributed by atoms with E-state index in [0.29, 0.717) is 6.07 Å². The third kappa shape index (κ3) is 5.68. The first-order chi connectivity index (χ1) is 17.8. The summed E-state index contributed by atoms with van der Waals surface area (Å²) in [6.45, 7) is 1.81. The van der Waals surface area contributed by atoms with Crippen LogP contribution in [0, 0.1) is 35.0 Å². The lowest BCUT2D eigenvalue weighted by Crippen LogP contribution is -2.47. The van der Waals surface area contributed by atoms with Crippen LogP contribution < -0.4 is 9.47 Å². The Kier molecular flexibility index (Phi) is 7.53. The maximum absolute atomic E-state index is 14.7. The Labute approximate surface area is 209 Å². The molecule has 3 aromatic carbocycles. The maximum Gasteiger partial charge on any atom is 0.451 e. The van der Waals surface area contributed by atoms with Crippen LogP contribution in [0.4, 0.5) is 39.5 Å². The van der Waals surface area contributed by atoms with Gasteiger partial charge in [0, 0.05) is 23.6 Å². The molecule has 1 fully saturated rings. The van der Waals surface area contributed by atoms with Crippen molar-refractivity contribution < 1.29 is 58.5 Å². The van der Waals surface area contributed by atoms with Gasteiger partial charge in [-0.1, -0.05) is 25.1 Å². The minimum atomic E-state index is -4.62. The largest absolute Gasteiger partial charge is 0.451 e. The van der Waals surface area contributed by atoms with Crippen LogP contribution in [-0.4, -0.2) is 25.6 Å². The fourth-order valence-corrected chi connectivity index (χ4v) is 3.49. The van der Waals surface area contributed by atoms with Crippen molar-refractivity contribution in [3.8, 4) is 22.6 Å². The predicted molar refractivity (Wildman–Crippen MR) is 113 cm³/mol. The van der Waals surface area contributed by atoms with Gasteiger partial charge >= 0.3 is 12.2 Å². The van der Waals surface area contributed by atoms with E-state index >= 15 is 0 Å². The van der Waals surface area contributed by atoms with E-state index in [1.54, 1.807) is 6.92 Å². The number of hydrogen-bond acceptors (Lipinski definition) is 4. The zero-order valence-corrected chi connectivity index (χ0v) is 19.2. The van der Waals surface area contributed by atoms with Gasteiger partial charge in [0.2, 0.25) is 0 Å². The zero-order valence-electron chi connectivity index (χ0n) is 19.2. The van der Waals surface area contributed by atoms with E-state index in [0.717, 1.165) is 30.3 Å². The molecule has 0 saturated carbocycles. The molecule has 0 atom stereocenters. The van der Waals surface area contributed by atoms with Gasteiger partial charge in [-0.25, -0.2) is 22.0 Å². The standard InChI is InChI=1S/C25H17F9O4/c1-12-10-35-23(36-11-12)25(33,34)37-14-4-2-13(3-5-14)16-6-7-17(21(29)20(16)28)24(31,32)38-15-8-18(26)22(30)19(27)9-15/h2-9,12,23H,10-11H2,1H3. The molecule has 0 N–H and O–H groups in total. The molecule has 0 amide bonds. The third-order valence-corrected chi connectivity index (χ3v) is 5.36. The summed E-state index contributed by atoms with van der Waals surface area (Å²) in [7, 11) is 0. The lowest BCUT2D eigenvalue weighted by Gasteiger charge is -2.32. The minimum absolute atomic E-state index is 0.0329. The molecule has 204 valence electrons. The van der Waals surface area contributed by atoms with Gasteiger partial charge in [-0.2, -0.15) is 17.6 Å². The number of alkyl halides is 4. The quantitative estimate of drug-likeness (QED) is 0.230. The second kappa shape index (κ2) is 10.4. The van der Waals surface area contributed by atoms with Crippen molar-refractivity contribution in [2.45, 2.75) is 25.4 Å². The molecule has 0 unspecified atom stereocenters. The summed E-state index contributed by atoms with van der Waals surface area (Å²) in [6.07, 6.45) is -10.4. The molecule has 13 heteroatoms. The number of halogens is 9. The molecule has 4 nitrogen and oxygen atoms in total. The van der Waals surface area contributed by atoms with Crippen LogP contribution in [-0.2, 0) is 15.6 Å². The van der Waals surface area contributed by atoms with Crippen molar-refractivity contribution >= 4 is 0 Å². The Morgan fingerprint density at radius 3 is 1.87 bits per heavy atom. The average molecular weight is 552 g/mol. The van der Waals surface area contributed by atoms with Gasteiger partial charge in [0.15, 0.2) is 29.1 Å². The Balaban J connectivity index is 1.52. The van der Waals surface area contributed by atoms with Crippen molar-refractivity contribution in [1.82, 2.24) is 0 Å². The Morgan fingerprint density at radius 1 is 0.711 bits per heavy atom. The van der Waals surface area contributed by atoms with E-state index in [4.69, 9.17) is 9.47 Å². The van der Waals surface area contributed by atoms with Crippen LogP contribution in [0.25, 0.3) is 11.1 Å². The zero-order chi connectivity index (χ0) is 27.8. The van der Waals surface area contributed by atoms with Gasteiger partial charge in [-0.05, 0) is 23.8 Å². The van der Waals surface area contributed by atoms with Crippen molar-refractivity contribution in [2.75, 3.05) is 13.2 Å². The molecule has 1 saturated heterocycles. The first kappa shape index (κ1) is 27.6. The van der Waals surface area contributed by atoms with Gasteiger partial charge in [-0.15, -0.1) is 0 Å². The SMILES string of the molecule is CC1COC(C(F)(F)Oc2ccc(-c3ccc(C(F)(F)Oc4cc(F)c(F)c(F)c4)c(F)c3F)cc2)OC1. The highest BCUT2D eigenvalue weighted by molar-refractivity contribution is 5.65.